The van der Waals surface area contributed by atoms with Crippen LogP contribution in [0, 0.1) is 6.92 Å². The van der Waals surface area contributed by atoms with E-state index in [2.05, 4.69) is 35.8 Å². The van der Waals surface area contributed by atoms with E-state index in [-0.39, 0.29) is 5.91 Å². The number of nitrogens with zero attached hydrogens (tertiary/aromatic N) is 3. The predicted molar refractivity (Wildman–Crippen MR) is 137 cm³/mol. The molecule has 8 nitrogen and oxygen atoms in total. The SMILES string of the molecule is Cc1cnc(C=C2C(=O)Nc3cc(Nc4cccc(-c5n[nH]c(-c6ccccc6)n5)c4)ccc32)[nH]1. The van der Waals surface area contributed by atoms with E-state index in [0.717, 1.165) is 45.3 Å². The summed E-state index contributed by atoms with van der Waals surface area (Å²) in [5.74, 6) is 1.85. The van der Waals surface area contributed by atoms with Crippen LogP contribution in [0.25, 0.3) is 34.4 Å². The molecule has 170 valence electrons. The Morgan fingerprint density at radius 3 is 2.57 bits per heavy atom. The standard InChI is InChI=1S/C27H21N7O/c1-16-15-28-24(29-16)14-22-21-11-10-20(13-23(21)31-27(22)35)30-19-9-5-8-18(12-19)26-32-25(33-34-26)17-6-3-2-4-7-17/h2-15,30H,1H3,(H,28,29)(H,31,35)(H,32,33,34). The molecule has 1 amide bonds. The molecule has 35 heavy (non-hydrogen) atoms. The van der Waals surface area contributed by atoms with Crippen molar-refractivity contribution in [3.05, 3.63) is 96.1 Å². The monoisotopic (exact) mass is 459 g/mol. The minimum absolute atomic E-state index is 0.146. The lowest BCUT2D eigenvalue weighted by Gasteiger charge is -2.09. The number of rotatable bonds is 5. The third-order valence-electron chi connectivity index (χ3n) is 5.75. The third kappa shape index (κ3) is 4.08. The van der Waals surface area contributed by atoms with Crippen LogP contribution in [0.2, 0.25) is 0 Å². The molecule has 1 aliphatic rings. The van der Waals surface area contributed by atoms with Gasteiger partial charge in [-0.25, -0.2) is 9.97 Å². The minimum atomic E-state index is -0.146. The lowest BCUT2D eigenvalue weighted by Crippen LogP contribution is -2.03. The van der Waals surface area contributed by atoms with E-state index < -0.39 is 0 Å². The summed E-state index contributed by atoms with van der Waals surface area (Å²) in [6, 6.07) is 23.6. The highest BCUT2D eigenvalue weighted by Crippen LogP contribution is 2.35. The Hall–Kier alpha value is -4.98. The summed E-state index contributed by atoms with van der Waals surface area (Å²) in [6.07, 6.45) is 3.51. The Balaban J connectivity index is 1.24. The molecule has 0 saturated heterocycles. The lowest BCUT2D eigenvalue weighted by molar-refractivity contribution is -0.110. The molecule has 0 fully saturated rings. The van der Waals surface area contributed by atoms with Gasteiger partial charge in [-0.3, -0.25) is 9.89 Å². The van der Waals surface area contributed by atoms with Crippen molar-refractivity contribution in [3.8, 4) is 22.8 Å². The molecule has 8 heteroatoms. The smallest absolute Gasteiger partial charge is 0.256 e. The molecule has 2 aromatic heterocycles. The zero-order valence-corrected chi connectivity index (χ0v) is 18.8. The maximum Gasteiger partial charge on any atom is 0.256 e. The Kier molecular flexibility index (Phi) is 4.96. The Bertz CT molecular complexity index is 1580. The number of aromatic amines is 2. The quantitative estimate of drug-likeness (QED) is 0.263. The van der Waals surface area contributed by atoms with E-state index in [4.69, 9.17) is 0 Å². The van der Waals surface area contributed by atoms with Gasteiger partial charge in [-0.15, -0.1) is 0 Å². The van der Waals surface area contributed by atoms with Gasteiger partial charge in [0.05, 0.1) is 11.3 Å². The number of carbonyl (C=O) groups excluding carboxylic acids is 1. The number of imidazole rings is 1. The van der Waals surface area contributed by atoms with E-state index >= 15 is 0 Å². The number of anilines is 3. The molecule has 0 atom stereocenters. The molecule has 0 bridgehead atoms. The largest absolute Gasteiger partial charge is 0.355 e. The number of amides is 1. The highest BCUT2D eigenvalue weighted by molar-refractivity contribution is 6.34. The second kappa shape index (κ2) is 8.42. The van der Waals surface area contributed by atoms with Crippen LogP contribution < -0.4 is 10.6 Å². The molecule has 3 heterocycles. The van der Waals surface area contributed by atoms with E-state index in [1.54, 1.807) is 12.3 Å². The number of hydrogen-bond donors (Lipinski definition) is 4. The number of aryl methyl sites for hydroxylation is 1. The van der Waals surface area contributed by atoms with Crippen LogP contribution in [0.1, 0.15) is 17.1 Å². The van der Waals surface area contributed by atoms with Gasteiger partial charge in [0.2, 0.25) is 0 Å². The molecule has 0 spiro atoms. The molecule has 0 radical (unpaired) electrons. The van der Waals surface area contributed by atoms with E-state index in [1.807, 2.05) is 79.7 Å². The fourth-order valence-corrected chi connectivity index (χ4v) is 4.08. The Labute approximate surface area is 201 Å². The highest BCUT2D eigenvalue weighted by atomic mass is 16.2. The summed E-state index contributed by atoms with van der Waals surface area (Å²) in [7, 11) is 0. The topological polar surface area (TPSA) is 111 Å². The number of hydrogen-bond acceptors (Lipinski definition) is 5. The fourth-order valence-electron chi connectivity index (χ4n) is 4.08. The van der Waals surface area contributed by atoms with Gasteiger partial charge in [0, 0.05) is 40.0 Å². The summed E-state index contributed by atoms with van der Waals surface area (Å²) in [4.78, 5) is 24.6. The van der Waals surface area contributed by atoms with Gasteiger partial charge in [0.25, 0.3) is 5.91 Å². The molecule has 6 rings (SSSR count). The summed E-state index contributed by atoms with van der Waals surface area (Å²) < 4.78 is 0. The second-order valence-electron chi connectivity index (χ2n) is 8.30. The molecule has 4 N–H and O–H groups in total. The number of carbonyl (C=O) groups is 1. The summed E-state index contributed by atoms with van der Waals surface area (Å²) in [5.41, 5.74) is 6.75. The zero-order valence-electron chi connectivity index (χ0n) is 18.8. The van der Waals surface area contributed by atoms with Crippen LogP contribution >= 0.6 is 0 Å². The van der Waals surface area contributed by atoms with Crippen LogP contribution in [0.5, 0.6) is 0 Å². The molecule has 5 aromatic rings. The average Bonchev–Trinajstić information content (AvgIpc) is 3.59. The second-order valence-corrected chi connectivity index (χ2v) is 8.30. The third-order valence-corrected chi connectivity index (χ3v) is 5.75. The number of aromatic nitrogens is 5. The van der Waals surface area contributed by atoms with Crippen molar-refractivity contribution in [3.63, 3.8) is 0 Å². The van der Waals surface area contributed by atoms with Crippen molar-refractivity contribution in [2.24, 2.45) is 0 Å². The van der Waals surface area contributed by atoms with Gasteiger partial charge in [-0.1, -0.05) is 48.5 Å². The van der Waals surface area contributed by atoms with Gasteiger partial charge in [0.1, 0.15) is 5.82 Å². The van der Waals surface area contributed by atoms with Crippen molar-refractivity contribution < 1.29 is 4.79 Å². The van der Waals surface area contributed by atoms with Crippen LogP contribution in [0.15, 0.2) is 79.0 Å². The van der Waals surface area contributed by atoms with E-state index in [1.165, 1.54) is 0 Å². The van der Waals surface area contributed by atoms with Crippen LogP contribution in [-0.2, 0) is 4.79 Å². The molecular formula is C27H21N7O. The highest BCUT2D eigenvalue weighted by Gasteiger charge is 2.24. The van der Waals surface area contributed by atoms with Crippen LogP contribution in [0.3, 0.4) is 0 Å². The van der Waals surface area contributed by atoms with Crippen LogP contribution in [-0.4, -0.2) is 31.1 Å². The van der Waals surface area contributed by atoms with E-state index in [9.17, 15) is 4.79 Å². The molecule has 1 aliphatic heterocycles. The van der Waals surface area contributed by atoms with Crippen molar-refractivity contribution in [2.45, 2.75) is 6.92 Å². The molecule has 0 saturated carbocycles. The first-order valence-corrected chi connectivity index (χ1v) is 11.2. The first kappa shape index (κ1) is 20.6. The number of benzene rings is 3. The van der Waals surface area contributed by atoms with Crippen molar-refractivity contribution in [2.75, 3.05) is 10.6 Å². The van der Waals surface area contributed by atoms with Gasteiger partial charge in [-0.05, 0) is 37.3 Å². The van der Waals surface area contributed by atoms with Gasteiger partial charge >= 0.3 is 0 Å². The maximum atomic E-state index is 12.6. The maximum absolute atomic E-state index is 12.6. The van der Waals surface area contributed by atoms with Gasteiger partial charge < -0.3 is 15.6 Å². The fraction of sp³-hybridized carbons (Fsp3) is 0.0370. The predicted octanol–water partition coefficient (Wildman–Crippen LogP) is 5.41. The molecule has 0 aliphatic carbocycles. The number of fused-ring (bicyclic) bond motifs is 1. The molecule has 3 aromatic carbocycles. The molecule has 0 unspecified atom stereocenters. The minimum Gasteiger partial charge on any atom is -0.355 e. The van der Waals surface area contributed by atoms with Gasteiger partial charge in [-0.2, -0.15) is 5.10 Å². The first-order chi connectivity index (χ1) is 17.1. The zero-order chi connectivity index (χ0) is 23.8. The number of nitrogens with one attached hydrogen (secondary N) is 4. The lowest BCUT2D eigenvalue weighted by atomic mass is 10.1. The summed E-state index contributed by atoms with van der Waals surface area (Å²) in [5, 5.41) is 13.7. The van der Waals surface area contributed by atoms with E-state index in [0.29, 0.717) is 17.2 Å². The Morgan fingerprint density at radius 1 is 0.914 bits per heavy atom. The summed E-state index contributed by atoms with van der Waals surface area (Å²) >= 11 is 0. The normalized spacial score (nSPS) is 13.6. The Morgan fingerprint density at radius 2 is 1.74 bits per heavy atom. The van der Waals surface area contributed by atoms with Crippen molar-refractivity contribution in [1.82, 2.24) is 25.1 Å². The van der Waals surface area contributed by atoms with Crippen molar-refractivity contribution in [1.29, 1.82) is 0 Å². The average molecular weight is 460 g/mol. The number of H-pyrrole nitrogens is 2. The first-order valence-electron chi connectivity index (χ1n) is 11.2. The van der Waals surface area contributed by atoms with Crippen molar-refractivity contribution >= 4 is 34.6 Å². The van der Waals surface area contributed by atoms with Crippen LogP contribution in [0.4, 0.5) is 17.1 Å². The molecular weight excluding hydrogens is 438 g/mol. The summed E-state index contributed by atoms with van der Waals surface area (Å²) in [6.45, 7) is 1.93. The van der Waals surface area contributed by atoms with Gasteiger partial charge in [0.15, 0.2) is 11.6 Å².